The lowest BCUT2D eigenvalue weighted by Gasteiger charge is -2.38. The molecule has 3 atom stereocenters. The predicted molar refractivity (Wildman–Crippen MR) is 157 cm³/mol. The number of hydrogen-bond acceptors (Lipinski definition) is 8. The maximum absolute atomic E-state index is 13.6. The zero-order valence-electron chi connectivity index (χ0n) is 23.2. The summed E-state index contributed by atoms with van der Waals surface area (Å²) in [5.74, 6) is 0.319. The summed E-state index contributed by atoms with van der Waals surface area (Å²) in [5, 5.41) is 14.4. The number of rotatable bonds is 9. The van der Waals surface area contributed by atoms with E-state index in [-0.39, 0.29) is 52.9 Å². The van der Waals surface area contributed by atoms with E-state index in [1.165, 1.54) is 23.1 Å². The highest BCUT2D eigenvalue weighted by Gasteiger charge is 2.34. The minimum absolute atomic E-state index is 0.146. The maximum atomic E-state index is 13.6. The van der Waals surface area contributed by atoms with E-state index in [1.807, 2.05) is 6.92 Å². The van der Waals surface area contributed by atoms with Crippen molar-refractivity contribution in [1.82, 2.24) is 9.80 Å². The minimum Gasteiger partial charge on any atom is -0.497 e. The summed E-state index contributed by atoms with van der Waals surface area (Å²) in [4.78, 5) is 29.7. The Morgan fingerprint density at radius 3 is 2.56 bits per heavy atom. The number of sulfonamides is 1. The smallest absolute Gasteiger partial charge is 0.321 e. The Hall–Kier alpha value is -3.81. The van der Waals surface area contributed by atoms with Crippen molar-refractivity contribution >= 4 is 44.7 Å². The second-order valence-electron chi connectivity index (χ2n) is 9.91. The van der Waals surface area contributed by atoms with Gasteiger partial charge in [0.25, 0.3) is 15.9 Å². The number of fused-ring (bicyclic) bond motifs is 1. The van der Waals surface area contributed by atoms with Crippen molar-refractivity contribution in [2.24, 2.45) is 5.92 Å². The van der Waals surface area contributed by atoms with Crippen molar-refractivity contribution in [1.29, 1.82) is 0 Å². The number of anilines is 2. The molecule has 1 aliphatic rings. The lowest BCUT2D eigenvalue weighted by Crippen LogP contribution is -2.50. The molecule has 2 heterocycles. The molecule has 0 aliphatic carbocycles. The number of aliphatic hydroxyl groups is 1. The van der Waals surface area contributed by atoms with Crippen LogP contribution in [-0.4, -0.2) is 81.3 Å². The molecule has 0 radical (unpaired) electrons. The lowest BCUT2D eigenvalue weighted by atomic mass is 9.99. The van der Waals surface area contributed by atoms with Crippen LogP contribution in [0, 0.1) is 5.92 Å². The zero-order valence-corrected chi connectivity index (χ0v) is 24.9. The van der Waals surface area contributed by atoms with Crippen molar-refractivity contribution in [2.45, 2.75) is 30.2 Å². The third kappa shape index (κ3) is 7.10. The van der Waals surface area contributed by atoms with Gasteiger partial charge in [0.2, 0.25) is 0 Å². The second-order valence-corrected chi connectivity index (χ2v) is 12.8. The largest absolute Gasteiger partial charge is 0.497 e. The Labute approximate surface area is 243 Å². The van der Waals surface area contributed by atoms with Crippen molar-refractivity contribution < 1.29 is 32.6 Å². The van der Waals surface area contributed by atoms with Crippen LogP contribution in [0.5, 0.6) is 11.5 Å². The van der Waals surface area contributed by atoms with Crippen LogP contribution >= 0.6 is 11.3 Å². The molecule has 4 rings (SSSR count). The molecular formula is C28H34N4O7S2. The van der Waals surface area contributed by atoms with Gasteiger partial charge < -0.3 is 29.7 Å². The number of amides is 3. The van der Waals surface area contributed by atoms with Gasteiger partial charge in [0, 0.05) is 30.9 Å². The number of benzene rings is 2. The number of carbonyl (C=O) groups excluding carboxylic acids is 2. The number of hydrogen-bond donors (Lipinski definition) is 3. The average molecular weight is 603 g/mol. The summed E-state index contributed by atoms with van der Waals surface area (Å²) >= 11 is 1.08. The van der Waals surface area contributed by atoms with E-state index in [2.05, 4.69) is 10.0 Å². The Morgan fingerprint density at radius 1 is 1.22 bits per heavy atom. The number of thiophene rings is 1. The summed E-state index contributed by atoms with van der Waals surface area (Å²) in [7, 11) is -0.620. The fraction of sp³-hybridized carbons (Fsp3) is 0.357. The highest BCUT2D eigenvalue weighted by molar-refractivity contribution is 7.94. The van der Waals surface area contributed by atoms with E-state index in [9.17, 15) is 23.1 Å². The third-order valence-corrected chi connectivity index (χ3v) is 9.60. The zero-order chi connectivity index (χ0) is 29.7. The third-order valence-electron chi connectivity index (χ3n) is 6.82. The van der Waals surface area contributed by atoms with E-state index in [0.717, 1.165) is 11.3 Å². The van der Waals surface area contributed by atoms with Crippen LogP contribution in [0.1, 0.15) is 24.2 Å². The number of nitrogens with zero attached hydrogens (tertiary/aromatic N) is 2. The van der Waals surface area contributed by atoms with Gasteiger partial charge in [-0.15, -0.1) is 11.3 Å². The topological polar surface area (TPSA) is 138 Å². The van der Waals surface area contributed by atoms with E-state index in [1.54, 1.807) is 67.8 Å². The van der Waals surface area contributed by atoms with Crippen LogP contribution in [0.3, 0.4) is 0 Å². The Morgan fingerprint density at radius 2 is 1.93 bits per heavy atom. The monoisotopic (exact) mass is 602 g/mol. The van der Waals surface area contributed by atoms with E-state index >= 15 is 0 Å². The standard InChI is InChI=1S/C28H34N4O7S2/c1-18-15-32(19(2)17-33)27(34)23-14-21(30-41(36,37)26-6-5-13-40-26)9-12-24(23)39-25(18)16-31(3)28(35)29-20-7-10-22(38-4)11-8-20/h5-14,18-19,25,30,33H,15-17H2,1-4H3,(H,29,35)/t18-,19-,25+/m1/s1. The first-order chi connectivity index (χ1) is 19.5. The van der Waals surface area contributed by atoms with Crippen LogP contribution in [0.25, 0.3) is 0 Å². The minimum atomic E-state index is -3.83. The van der Waals surface area contributed by atoms with E-state index in [4.69, 9.17) is 9.47 Å². The Balaban J connectivity index is 1.58. The lowest BCUT2D eigenvalue weighted by molar-refractivity contribution is 0.0371. The van der Waals surface area contributed by atoms with Gasteiger partial charge in [-0.25, -0.2) is 13.2 Å². The van der Waals surface area contributed by atoms with Gasteiger partial charge in [-0.2, -0.15) is 0 Å². The number of ether oxygens (including phenoxy) is 2. The van der Waals surface area contributed by atoms with Crippen molar-refractivity contribution in [3.05, 3.63) is 65.5 Å². The number of urea groups is 1. The molecule has 0 spiro atoms. The number of methoxy groups -OCH3 is 1. The van der Waals surface area contributed by atoms with Crippen LogP contribution in [-0.2, 0) is 10.0 Å². The van der Waals surface area contributed by atoms with Gasteiger partial charge in [-0.3, -0.25) is 9.52 Å². The van der Waals surface area contributed by atoms with Crippen molar-refractivity contribution in [2.75, 3.05) is 43.9 Å². The molecule has 0 saturated heterocycles. The molecule has 1 aromatic heterocycles. The Kier molecular flexibility index (Phi) is 9.41. The molecule has 3 N–H and O–H groups in total. The number of likely N-dealkylation sites (N-methyl/N-ethyl adjacent to an activating group) is 1. The summed E-state index contributed by atoms with van der Waals surface area (Å²) in [6.07, 6.45) is -0.518. The first kappa shape index (κ1) is 30.2. The number of aliphatic hydroxyl groups excluding tert-OH is 1. The highest BCUT2D eigenvalue weighted by atomic mass is 32.2. The summed E-state index contributed by atoms with van der Waals surface area (Å²) < 4.78 is 39.7. The molecule has 0 unspecified atom stereocenters. The van der Waals surface area contributed by atoms with Crippen molar-refractivity contribution in [3.63, 3.8) is 0 Å². The van der Waals surface area contributed by atoms with Gasteiger partial charge in [0.15, 0.2) is 0 Å². The molecule has 220 valence electrons. The molecule has 41 heavy (non-hydrogen) atoms. The molecule has 11 nitrogen and oxygen atoms in total. The molecule has 3 aromatic rings. The number of carbonyl (C=O) groups is 2. The van der Waals surface area contributed by atoms with E-state index < -0.39 is 28.1 Å². The first-order valence-electron chi connectivity index (χ1n) is 13.0. The molecule has 3 amide bonds. The summed E-state index contributed by atoms with van der Waals surface area (Å²) in [6, 6.07) is 13.8. The quantitative estimate of drug-likeness (QED) is 0.337. The normalized spacial score (nSPS) is 17.9. The predicted octanol–water partition coefficient (Wildman–Crippen LogP) is 3.94. The van der Waals surface area contributed by atoms with Gasteiger partial charge in [0.1, 0.15) is 21.8 Å². The first-order valence-corrected chi connectivity index (χ1v) is 15.3. The Bertz CT molecular complexity index is 1460. The van der Waals surface area contributed by atoms with Gasteiger partial charge in [0.05, 0.1) is 31.9 Å². The van der Waals surface area contributed by atoms with Crippen LogP contribution in [0.4, 0.5) is 16.2 Å². The van der Waals surface area contributed by atoms with Gasteiger partial charge in [-0.1, -0.05) is 13.0 Å². The average Bonchev–Trinajstić information content (AvgIpc) is 3.51. The molecule has 0 bridgehead atoms. The summed E-state index contributed by atoms with van der Waals surface area (Å²) in [6.45, 7) is 3.85. The molecule has 1 aliphatic heterocycles. The van der Waals surface area contributed by atoms with Crippen LogP contribution in [0.15, 0.2) is 64.2 Å². The molecule has 2 aromatic carbocycles. The SMILES string of the molecule is COc1ccc(NC(=O)N(C)C[C@@H]2Oc3ccc(NS(=O)(=O)c4cccs4)cc3C(=O)N([C@H](C)CO)C[C@H]2C)cc1. The van der Waals surface area contributed by atoms with Crippen molar-refractivity contribution in [3.8, 4) is 11.5 Å². The molecule has 0 fully saturated rings. The fourth-order valence-corrected chi connectivity index (χ4v) is 6.41. The second kappa shape index (κ2) is 12.8. The highest BCUT2D eigenvalue weighted by Crippen LogP contribution is 2.32. The number of nitrogens with one attached hydrogen (secondary N) is 2. The molecule has 0 saturated carbocycles. The molecular weight excluding hydrogens is 568 g/mol. The van der Waals surface area contributed by atoms with Crippen LogP contribution in [0.2, 0.25) is 0 Å². The van der Waals surface area contributed by atoms with E-state index in [0.29, 0.717) is 11.4 Å². The van der Waals surface area contributed by atoms with Gasteiger partial charge in [-0.05, 0) is 60.8 Å². The van der Waals surface area contributed by atoms with Gasteiger partial charge >= 0.3 is 6.03 Å². The molecule has 13 heteroatoms. The fourth-order valence-electron chi connectivity index (χ4n) is 4.37. The van der Waals surface area contributed by atoms with Crippen LogP contribution < -0.4 is 19.5 Å². The summed E-state index contributed by atoms with van der Waals surface area (Å²) in [5.41, 5.74) is 0.955. The maximum Gasteiger partial charge on any atom is 0.321 e.